The van der Waals surface area contributed by atoms with Crippen LogP contribution in [-0.2, 0) is 12.8 Å². The molecule has 3 rings (SSSR count). The molecule has 1 N–H and O–H groups in total. The van der Waals surface area contributed by atoms with E-state index in [0.717, 1.165) is 18.4 Å². The van der Waals surface area contributed by atoms with Crippen LogP contribution in [-0.4, -0.2) is 9.97 Å². The Balaban J connectivity index is 1.78. The summed E-state index contributed by atoms with van der Waals surface area (Å²) in [7, 11) is 0. The van der Waals surface area contributed by atoms with Gasteiger partial charge in [-0.1, -0.05) is 44.2 Å². The largest absolute Gasteiger partial charge is 0.310 e. The lowest BCUT2D eigenvalue weighted by molar-refractivity contribution is 0.863. The van der Waals surface area contributed by atoms with E-state index in [9.17, 15) is 4.79 Å². The van der Waals surface area contributed by atoms with E-state index in [4.69, 9.17) is 0 Å². The first kappa shape index (κ1) is 15.5. The van der Waals surface area contributed by atoms with E-state index in [1.807, 2.05) is 12.1 Å². The van der Waals surface area contributed by atoms with Crippen molar-refractivity contribution in [1.82, 2.24) is 9.97 Å². The van der Waals surface area contributed by atoms with Gasteiger partial charge in [-0.3, -0.25) is 4.79 Å². The van der Waals surface area contributed by atoms with Gasteiger partial charge in [0.25, 0.3) is 5.56 Å². The van der Waals surface area contributed by atoms with E-state index in [1.54, 1.807) is 6.92 Å². The lowest BCUT2D eigenvalue weighted by atomic mass is 9.98. The van der Waals surface area contributed by atoms with Gasteiger partial charge in [0.15, 0.2) is 0 Å². The zero-order valence-corrected chi connectivity index (χ0v) is 13.9. The number of nitrogens with zero attached hydrogens (tertiary/aromatic N) is 1. The third-order valence-electron chi connectivity index (χ3n) is 4.24. The van der Waals surface area contributed by atoms with Crippen molar-refractivity contribution in [3.05, 3.63) is 75.3 Å². The van der Waals surface area contributed by atoms with E-state index in [-0.39, 0.29) is 5.56 Å². The normalized spacial score (nSPS) is 11.3. The van der Waals surface area contributed by atoms with Crippen molar-refractivity contribution in [2.45, 2.75) is 39.5 Å². The number of aromatic amines is 1. The molecule has 0 aliphatic rings. The monoisotopic (exact) mass is 306 g/mol. The first-order valence-corrected chi connectivity index (χ1v) is 8.11. The molecule has 1 heterocycles. The SMILES string of the molecule is Cc1nc2ccc(CCc3ccc(C(C)C)cc3)cc2c(=O)[nH]1. The van der Waals surface area contributed by atoms with Crippen LogP contribution in [0.1, 0.15) is 42.3 Å². The maximum Gasteiger partial charge on any atom is 0.258 e. The van der Waals surface area contributed by atoms with Crippen molar-refractivity contribution in [2.24, 2.45) is 0 Å². The number of benzene rings is 2. The molecule has 0 unspecified atom stereocenters. The van der Waals surface area contributed by atoms with Crippen LogP contribution >= 0.6 is 0 Å². The van der Waals surface area contributed by atoms with Gasteiger partial charge in [-0.2, -0.15) is 0 Å². The lowest BCUT2D eigenvalue weighted by Crippen LogP contribution is -2.10. The Bertz CT molecular complexity index is 876. The summed E-state index contributed by atoms with van der Waals surface area (Å²) in [6.45, 7) is 6.21. The summed E-state index contributed by atoms with van der Waals surface area (Å²) < 4.78 is 0. The molecule has 0 aliphatic carbocycles. The molecule has 0 saturated heterocycles. The number of aryl methyl sites for hydroxylation is 3. The number of H-pyrrole nitrogens is 1. The van der Waals surface area contributed by atoms with Crippen LogP contribution in [0.2, 0.25) is 0 Å². The second-order valence-electron chi connectivity index (χ2n) is 6.40. The van der Waals surface area contributed by atoms with Gasteiger partial charge in [0, 0.05) is 0 Å². The summed E-state index contributed by atoms with van der Waals surface area (Å²) in [5.74, 6) is 1.22. The first-order valence-electron chi connectivity index (χ1n) is 8.11. The Morgan fingerprint density at radius 3 is 2.35 bits per heavy atom. The van der Waals surface area contributed by atoms with Gasteiger partial charge in [0.2, 0.25) is 0 Å². The quantitative estimate of drug-likeness (QED) is 0.787. The zero-order chi connectivity index (χ0) is 16.4. The number of hydrogen-bond donors (Lipinski definition) is 1. The van der Waals surface area contributed by atoms with E-state index in [1.165, 1.54) is 16.7 Å². The van der Waals surface area contributed by atoms with Gasteiger partial charge in [-0.25, -0.2) is 4.98 Å². The molecule has 3 heteroatoms. The highest BCUT2D eigenvalue weighted by Crippen LogP contribution is 2.17. The Hall–Kier alpha value is -2.42. The van der Waals surface area contributed by atoms with Crippen LogP contribution in [0.5, 0.6) is 0 Å². The molecule has 3 nitrogen and oxygen atoms in total. The second kappa shape index (κ2) is 6.37. The Kier molecular flexibility index (Phi) is 4.28. The van der Waals surface area contributed by atoms with Crippen molar-refractivity contribution in [1.29, 1.82) is 0 Å². The highest BCUT2D eigenvalue weighted by molar-refractivity contribution is 5.78. The minimum Gasteiger partial charge on any atom is -0.310 e. The van der Waals surface area contributed by atoms with Crippen molar-refractivity contribution >= 4 is 10.9 Å². The predicted molar refractivity (Wildman–Crippen MR) is 95.0 cm³/mol. The van der Waals surface area contributed by atoms with Gasteiger partial charge >= 0.3 is 0 Å². The van der Waals surface area contributed by atoms with Crippen molar-refractivity contribution in [3.8, 4) is 0 Å². The molecular formula is C20H22N2O. The number of aromatic nitrogens is 2. The van der Waals surface area contributed by atoms with Gasteiger partial charge in [-0.05, 0) is 54.5 Å². The summed E-state index contributed by atoms with van der Waals surface area (Å²) >= 11 is 0. The van der Waals surface area contributed by atoms with E-state index in [0.29, 0.717) is 17.1 Å². The number of hydrogen-bond acceptors (Lipinski definition) is 2. The molecule has 3 aromatic rings. The van der Waals surface area contributed by atoms with Gasteiger partial charge in [0.1, 0.15) is 5.82 Å². The van der Waals surface area contributed by atoms with E-state index >= 15 is 0 Å². The molecule has 118 valence electrons. The Morgan fingerprint density at radius 1 is 1.00 bits per heavy atom. The molecular weight excluding hydrogens is 284 g/mol. The minimum atomic E-state index is -0.0596. The molecule has 0 amide bonds. The maximum absolute atomic E-state index is 12.0. The average Bonchev–Trinajstić information content (AvgIpc) is 2.53. The van der Waals surface area contributed by atoms with E-state index in [2.05, 4.69) is 54.1 Å². The zero-order valence-electron chi connectivity index (χ0n) is 13.9. The molecule has 2 aromatic carbocycles. The molecule has 0 fully saturated rings. The van der Waals surface area contributed by atoms with Gasteiger partial charge in [0.05, 0.1) is 10.9 Å². The van der Waals surface area contributed by atoms with Crippen molar-refractivity contribution in [3.63, 3.8) is 0 Å². The first-order chi connectivity index (χ1) is 11.0. The number of rotatable bonds is 4. The molecule has 0 atom stereocenters. The third-order valence-corrected chi connectivity index (χ3v) is 4.24. The highest BCUT2D eigenvalue weighted by atomic mass is 16.1. The van der Waals surface area contributed by atoms with Crippen LogP contribution in [0.25, 0.3) is 10.9 Å². The molecule has 0 spiro atoms. The fourth-order valence-electron chi connectivity index (χ4n) is 2.82. The average molecular weight is 306 g/mol. The lowest BCUT2D eigenvalue weighted by Gasteiger charge is -2.07. The smallest absolute Gasteiger partial charge is 0.258 e. The minimum absolute atomic E-state index is 0.0596. The van der Waals surface area contributed by atoms with Crippen molar-refractivity contribution in [2.75, 3.05) is 0 Å². The summed E-state index contributed by atoms with van der Waals surface area (Å²) in [5.41, 5.74) is 4.56. The fraction of sp³-hybridized carbons (Fsp3) is 0.300. The maximum atomic E-state index is 12.0. The Labute approximate surface area is 136 Å². The number of nitrogens with one attached hydrogen (secondary N) is 1. The van der Waals surface area contributed by atoms with Crippen molar-refractivity contribution < 1.29 is 0 Å². The standard InChI is InChI=1S/C20H22N2O/c1-13(2)17-9-6-15(7-10-17)4-5-16-8-11-19-18(12-16)20(23)22-14(3)21-19/h6-13H,4-5H2,1-3H3,(H,21,22,23). The fourth-order valence-corrected chi connectivity index (χ4v) is 2.82. The van der Waals surface area contributed by atoms with Gasteiger partial charge < -0.3 is 4.98 Å². The topological polar surface area (TPSA) is 45.8 Å². The molecule has 0 saturated carbocycles. The van der Waals surface area contributed by atoms with Crippen LogP contribution in [0.3, 0.4) is 0 Å². The highest BCUT2D eigenvalue weighted by Gasteiger charge is 2.04. The second-order valence-corrected chi connectivity index (χ2v) is 6.40. The molecule has 0 radical (unpaired) electrons. The van der Waals surface area contributed by atoms with E-state index < -0.39 is 0 Å². The Morgan fingerprint density at radius 2 is 1.65 bits per heavy atom. The summed E-state index contributed by atoms with van der Waals surface area (Å²) in [6, 6.07) is 14.8. The van der Waals surface area contributed by atoms with Crippen LogP contribution in [0, 0.1) is 6.92 Å². The van der Waals surface area contributed by atoms with Crippen LogP contribution in [0.15, 0.2) is 47.3 Å². The molecule has 0 bridgehead atoms. The molecule has 23 heavy (non-hydrogen) atoms. The number of fused-ring (bicyclic) bond motifs is 1. The predicted octanol–water partition coefficient (Wildman–Crippen LogP) is 4.14. The van der Waals surface area contributed by atoms with Crippen LogP contribution in [0.4, 0.5) is 0 Å². The van der Waals surface area contributed by atoms with Crippen LogP contribution < -0.4 is 5.56 Å². The third kappa shape index (κ3) is 3.50. The summed E-state index contributed by atoms with van der Waals surface area (Å²) in [5, 5.41) is 0.670. The summed E-state index contributed by atoms with van der Waals surface area (Å²) in [4.78, 5) is 19.2. The molecule has 1 aromatic heterocycles. The molecule has 0 aliphatic heterocycles. The van der Waals surface area contributed by atoms with Gasteiger partial charge in [-0.15, -0.1) is 0 Å². The summed E-state index contributed by atoms with van der Waals surface area (Å²) in [6.07, 6.45) is 1.89.